The Morgan fingerprint density at radius 1 is 1.44 bits per heavy atom. The van der Waals surface area contributed by atoms with E-state index in [1.807, 2.05) is 0 Å². The van der Waals surface area contributed by atoms with E-state index in [1.165, 1.54) is 12.8 Å². The fourth-order valence-electron chi connectivity index (χ4n) is 1.32. The molecule has 0 radical (unpaired) electrons. The van der Waals surface area contributed by atoms with Crippen LogP contribution in [0.25, 0.3) is 0 Å². The third-order valence-electron chi connectivity index (χ3n) is 2.29. The van der Waals surface area contributed by atoms with Gasteiger partial charge in [0.1, 0.15) is 0 Å². The zero-order valence-electron chi connectivity index (χ0n) is 10.8. The predicted octanol–water partition coefficient (Wildman–Crippen LogP) is 1.52. The Bertz CT molecular complexity index is 212. The molecule has 1 aliphatic carbocycles. The normalized spacial score (nSPS) is 16.6. The first-order valence-electron chi connectivity index (χ1n) is 6.38. The van der Waals surface area contributed by atoms with Crippen molar-refractivity contribution in [3.8, 4) is 0 Å². The van der Waals surface area contributed by atoms with Crippen LogP contribution in [0, 0.1) is 0 Å². The summed E-state index contributed by atoms with van der Waals surface area (Å²) in [7, 11) is 0. The number of hydrogen-bond donors (Lipinski definition) is 2. The highest BCUT2D eigenvalue weighted by Crippen LogP contribution is 2.18. The van der Waals surface area contributed by atoms with Crippen LogP contribution in [0.3, 0.4) is 0 Å². The van der Waals surface area contributed by atoms with Crippen LogP contribution >= 0.6 is 0 Å². The quantitative estimate of drug-likeness (QED) is 0.394. The Balaban J connectivity index is 2.11. The van der Waals surface area contributed by atoms with Crippen molar-refractivity contribution in [2.24, 2.45) is 4.99 Å². The minimum Gasteiger partial charge on any atom is -0.379 e. The van der Waals surface area contributed by atoms with Crippen molar-refractivity contribution in [1.82, 2.24) is 10.6 Å². The highest BCUT2D eigenvalue weighted by atomic mass is 16.5. The van der Waals surface area contributed by atoms with Crippen LogP contribution in [0.4, 0.5) is 0 Å². The van der Waals surface area contributed by atoms with E-state index in [0.29, 0.717) is 12.1 Å². The molecular formula is C12H25N3O. The Labute approximate surface area is 98.9 Å². The van der Waals surface area contributed by atoms with Crippen molar-refractivity contribution >= 4 is 5.96 Å². The first-order chi connectivity index (χ1) is 7.72. The van der Waals surface area contributed by atoms with Crippen molar-refractivity contribution in [1.29, 1.82) is 0 Å². The Kier molecular flexibility index (Phi) is 6.23. The second kappa shape index (κ2) is 7.49. The van der Waals surface area contributed by atoms with Gasteiger partial charge in [-0.3, -0.25) is 4.99 Å². The van der Waals surface area contributed by atoms with E-state index in [0.717, 1.165) is 32.1 Å². The van der Waals surface area contributed by atoms with Crippen LogP contribution < -0.4 is 10.6 Å². The number of rotatable bonds is 7. The summed E-state index contributed by atoms with van der Waals surface area (Å²) in [5.74, 6) is 0.953. The van der Waals surface area contributed by atoms with Crippen molar-refractivity contribution in [2.75, 3.05) is 19.7 Å². The van der Waals surface area contributed by atoms with Gasteiger partial charge in [-0.25, -0.2) is 0 Å². The van der Waals surface area contributed by atoms with Gasteiger partial charge in [0.25, 0.3) is 0 Å². The standard InChI is InChI=1S/C12H25N3O/c1-4-13-12(15-11-6-7-11)14-8-5-9-16-10(2)3/h10-11H,4-9H2,1-3H3,(H2,13,14,15). The molecule has 4 heteroatoms. The molecule has 0 amide bonds. The number of nitrogens with zero attached hydrogens (tertiary/aromatic N) is 1. The van der Waals surface area contributed by atoms with Gasteiger partial charge in [0, 0.05) is 25.7 Å². The van der Waals surface area contributed by atoms with Crippen LogP contribution in [0.1, 0.15) is 40.0 Å². The molecule has 0 bridgehead atoms. The average molecular weight is 227 g/mol. The smallest absolute Gasteiger partial charge is 0.191 e. The van der Waals surface area contributed by atoms with E-state index in [-0.39, 0.29) is 0 Å². The van der Waals surface area contributed by atoms with Crippen molar-refractivity contribution < 1.29 is 4.74 Å². The summed E-state index contributed by atoms with van der Waals surface area (Å²) in [5.41, 5.74) is 0. The molecule has 0 atom stereocenters. The van der Waals surface area contributed by atoms with E-state index in [4.69, 9.17) is 4.74 Å². The van der Waals surface area contributed by atoms with Crippen molar-refractivity contribution in [3.63, 3.8) is 0 Å². The zero-order chi connectivity index (χ0) is 11.8. The summed E-state index contributed by atoms with van der Waals surface area (Å²) in [6, 6.07) is 0.657. The summed E-state index contributed by atoms with van der Waals surface area (Å²) in [6.45, 7) is 8.75. The van der Waals surface area contributed by atoms with Gasteiger partial charge in [-0.15, -0.1) is 0 Å². The molecule has 1 fully saturated rings. The first-order valence-corrected chi connectivity index (χ1v) is 6.38. The lowest BCUT2D eigenvalue weighted by molar-refractivity contribution is 0.0782. The van der Waals surface area contributed by atoms with Gasteiger partial charge in [0.05, 0.1) is 6.10 Å². The van der Waals surface area contributed by atoms with Crippen molar-refractivity contribution in [2.45, 2.75) is 52.2 Å². The lowest BCUT2D eigenvalue weighted by atomic mass is 10.4. The third-order valence-corrected chi connectivity index (χ3v) is 2.29. The van der Waals surface area contributed by atoms with Gasteiger partial charge >= 0.3 is 0 Å². The Morgan fingerprint density at radius 2 is 2.19 bits per heavy atom. The second-order valence-electron chi connectivity index (χ2n) is 4.45. The number of aliphatic imine (C=N–C) groups is 1. The molecular weight excluding hydrogens is 202 g/mol. The number of nitrogens with one attached hydrogen (secondary N) is 2. The molecule has 0 aromatic rings. The Hall–Kier alpha value is -0.770. The fraction of sp³-hybridized carbons (Fsp3) is 0.917. The van der Waals surface area contributed by atoms with Gasteiger partial charge in [0.2, 0.25) is 0 Å². The van der Waals surface area contributed by atoms with E-state index in [1.54, 1.807) is 0 Å². The molecule has 0 aliphatic heterocycles. The number of ether oxygens (including phenoxy) is 1. The fourth-order valence-corrected chi connectivity index (χ4v) is 1.32. The summed E-state index contributed by atoms with van der Waals surface area (Å²) >= 11 is 0. The van der Waals surface area contributed by atoms with Crippen molar-refractivity contribution in [3.05, 3.63) is 0 Å². The minimum absolute atomic E-state index is 0.321. The summed E-state index contributed by atoms with van der Waals surface area (Å²) in [5, 5.41) is 6.64. The molecule has 4 nitrogen and oxygen atoms in total. The molecule has 0 heterocycles. The monoisotopic (exact) mass is 227 g/mol. The average Bonchev–Trinajstić information content (AvgIpc) is 3.01. The number of guanidine groups is 1. The van der Waals surface area contributed by atoms with E-state index < -0.39 is 0 Å². The predicted molar refractivity (Wildman–Crippen MR) is 67.8 cm³/mol. The lowest BCUT2D eigenvalue weighted by Crippen LogP contribution is -2.38. The van der Waals surface area contributed by atoms with Crippen LogP contribution in [-0.4, -0.2) is 37.8 Å². The first kappa shape index (κ1) is 13.3. The summed E-state index contributed by atoms with van der Waals surface area (Å²) in [4.78, 5) is 4.50. The highest BCUT2D eigenvalue weighted by Gasteiger charge is 2.21. The van der Waals surface area contributed by atoms with E-state index in [9.17, 15) is 0 Å². The van der Waals surface area contributed by atoms with Gasteiger partial charge in [-0.2, -0.15) is 0 Å². The molecule has 1 saturated carbocycles. The molecule has 1 rings (SSSR count). The highest BCUT2D eigenvalue weighted by molar-refractivity contribution is 5.80. The van der Waals surface area contributed by atoms with E-state index in [2.05, 4.69) is 36.4 Å². The number of hydrogen-bond acceptors (Lipinski definition) is 2. The summed E-state index contributed by atoms with van der Waals surface area (Å²) < 4.78 is 5.47. The zero-order valence-corrected chi connectivity index (χ0v) is 10.8. The van der Waals surface area contributed by atoms with Crippen LogP contribution in [0.5, 0.6) is 0 Å². The molecule has 1 aliphatic rings. The largest absolute Gasteiger partial charge is 0.379 e. The topological polar surface area (TPSA) is 45.7 Å². The molecule has 2 N–H and O–H groups in total. The molecule has 16 heavy (non-hydrogen) atoms. The second-order valence-corrected chi connectivity index (χ2v) is 4.45. The summed E-state index contributed by atoms with van der Waals surface area (Å²) in [6.07, 6.45) is 3.86. The maximum absolute atomic E-state index is 5.47. The lowest BCUT2D eigenvalue weighted by Gasteiger charge is -2.10. The third kappa shape index (κ3) is 6.67. The molecule has 0 aromatic heterocycles. The van der Waals surface area contributed by atoms with Gasteiger partial charge < -0.3 is 15.4 Å². The van der Waals surface area contributed by atoms with Gasteiger partial charge in [0.15, 0.2) is 5.96 Å². The molecule has 94 valence electrons. The molecule has 0 spiro atoms. The van der Waals surface area contributed by atoms with Gasteiger partial charge in [-0.05, 0) is 40.0 Å². The van der Waals surface area contributed by atoms with Crippen LogP contribution in [0.15, 0.2) is 4.99 Å². The SMILES string of the molecule is CCNC(=NCCCOC(C)C)NC1CC1. The Morgan fingerprint density at radius 3 is 2.75 bits per heavy atom. The van der Waals surface area contributed by atoms with E-state index >= 15 is 0 Å². The molecule has 0 saturated heterocycles. The maximum Gasteiger partial charge on any atom is 0.191 e. The minimum atomic E-state index is 0.321. The molecule has 0 unspecified atom stereocenters. The van der Waals surface area contributed by atoms with Crippen LogP contribution in [0.2, 0.25) is 0 Å². The van der Waals surface area contributed by atoms with Crippen LogP contribution in [-0.2, 0) is 4.74 Å². The van der Waals surface area contributed by atoms with Gasteiger partial charge in [-0.1, -0.05) is 0 Å². The molecule has 0 aromatic carbocycles. The maximum atomic E-state index is 5.47.